The van der Waals surface area contributed by atoms with Gasteiger partial charge in [-0.15, -0.1) is 0 Å². The Morgan fingerprint density at radius 2 is 1.84 bits per heavy atom. The molecule has 1 aromatic heterocycles. The van der Waals surface area contributed by atoms with Crippen molar-refractivity contribution in [2.24, 2.45) is 0 Å². The molecule has 1 heterocycles. The minimum atomic E-state index is -0.529. The summed E-state index contributed by atoms with van der Waals surface area (Å²) < 4.78 is 17.1. The molecule has 0 saturated heterocycles. The van der Waals surface area contributed by atoms with Gasteiger partial charge in [-0.1, -0.05) is 25.3 Å². The molecule has 0 spiro atoms. The molecule has 3 rings (SSSR count). The average molecular weight is 431 g/mol. The van der Waals surface area contributed by atoms with Crippen molar-refractivity contribution in [1.29, 1.82) is 0 Å². The van der Waals surface area contributed by atoms with Gasteiger partial charge in [0, 0.05) is 19.1 Å². The quantitative estimate of drug-likeness (QED) is 0.576. The smallest absolute Gasteiger partial charge is 0.161 e. The molecule has 0 amide bonds. The lowest BCUT2D eigenvalue weighted by molar-refractivity contribution is 0.0553. The minimum absolute atomic E-state index is 0.254. The molecule has 1 aliphatic carbocycles. The van der Waals surface area contributed by atoms with Crippen molar-refractivity contribution in [3.8, 4) is 11.5 Å². The zero-order chi connectivity index (χ0) is 22.2. The fourth-order valence-corrected chi connectivity index (χ4v) is 4.38. The van der Waals surface area contributed by atoms with E-state index in [-0.39, 0.29) is 6.61 Å². The lowest BCUT2D eigenvalue weighted by Gasteiger charge is -2.32. The van der Waals surface area contributed by atoms with Crippen molar-refractivity contribution in [2.45, 2.75) is 64.3 Å². The number of likely N-dealkylation sites (N-methyl/N-ethyl adjacent to an activating group) is 1. The van der Waals surface area contributed by atoms with Gasteiger partial charge >= 0.3 is 0 Å². The van der Waals surface area contributed by atoms with Gasteiger partial charge in [0.25, 0.3) is 0 Å². The van der Waals surface area contributed by atoms with Gasteiger partial charge < -0.3 is 23.9 Å². The van der Waals surface area contributed by atoms with E-state index in [0.717, 1.165) is 30.2 Å². The Morgan fingerprint density at radius 1 is 1.06 bits per heavy atom. The van der Waals surface area contributed by atoms with E-state index >= 15 is 0 Å². The van der Waals surface area contributed by atoms with E-state index < -0.39 is 6.10 Å². The van der Waals surface area contributed by atoms with Gasteiger partial charge in [-0.25, -0.2) is 0 Å². The third-order valence-electron chi connectivity index (χ3n) is 6.03. The van der Waals surface area contributed by atoms with E-state index in [0.29, 0.717) is 24.1 Å². The maximum Gasteiger partial charge on any atom is 0.161 e. The Hall–Kier alpha value is -2.02. The molecule has 1 N–H and O–H groups in total. The van der Waals surface area contributed by atoms with Crippen LogP contribution in [0.5, 0.6) is 11.5 Å². The highest BCUT2D eigenvalue weighted by molar-refractivity contribution is 5.43. The molecule has 172 valence electrons. The Morgan fingerprint density at radius 3 is 2.52 bits per heavy atom. The molecular weight excluding hydrogens is 392 g/mol. The zero-order valence-corrected chi connectivity index (χ0v) is 19.5. The predicted molar refractivity (Wildman–Crippen MR) is 123 cm³/mol. The summed E-state index contributed by atoms with van der Waals surface area (Å²) in [6, 6.07) is 10.6. The van der Waals surface area contributed by atoms with Gasteiger partial charge in [0.15, 0.2) is 11.5 Å². The first-order valence-electron chi connectivity index (χ1n) is 11.4. The highest BCUT2D eigenvalue weighted by Crippen LogP contribution is 2.29. The van der Waals surface area contributed by atoms with Crippen molar-refractivity contribution in [2.75, 3.05) is 34.4 Å². The third kappa shape index (κ3) is 7.27. The monoisotopic (exact) mass is 430 g/mol. The molecule has 2 aromatic rings. The van der Waals surface area contributed by atoms with E-state index in [4.69, 9.17) is 13.9 Å². The van der Waals surface area contributed by atoms with Crippen LogP contribution in [0.1, 0.15) is 49.2 Å². The topological polar surface area (TPSA) is 58.3 Å². The lowest BCUT2D eigenvalue weighted by Crippen LogP contribution is -2.40. The molecule has 0 aliphatic heterocycles. The van der Waals surface area contributed by atoms with E-state index in [1.807, 2.05) is 37.3 Å². The van der Waals surface area contributed by atoms with Gasteiger partial charge in [0.05, 0.1) is 13.7 Å². The summed E-state index contributed by atoms with van der Waals surface area (Å²) in [4.78, 5) is 4.47. The number of ether oxygens (including phenoxy) is 2. The van der Waals surface area contributed by atoms with Gasteiger partial charge in [-0.2, -0.15) is 0 Å². The van der Waals surface area contributed by atoms with E-state index in [9.17, 15) is 5.11 Å². The molecule has 31 heavy (non-hydrogen) atoms. The summed E-state index contributed by atoms with van der Waals surface area (Å²) in [5.74, 6) is 3.24. The molecule has 1 aliphatic rings. The summed E-state index contributed by atoms with van der Waals surface area (Å²) in [6.45, 7) is 4.35. The number of nitrogens with zero attached hydrogens (tertiary/aromatic N) is 2. The summed E-state index contributed by atoms with van der Waals surface area (Å²) >= 11 is 0. The first kappa shape index (κ1) is 23.6. The number of hydrogen-bond donors (Lipinski definition) is 1. The summed E-state index contributed by atoms with van der Waals surface area (Å²) in [5, 5.41) is 10.5. The van der Waals surface area contributed by atoms with Crippen LogP contribution < -0.4 is 9.47 Å². The number of benzene rings is 1. The number of aliphatic hydroxyl groups excluding tert-OH is 1. The lowest BCUT2D eigenvalue weighted by atomic mass is 9.94. The molecule has 0 bridgehead atoms. The van der Waals surface area contributed by atoms with Gasteiger partial charge in [0.1, 0.15) is 24.2 Å². The summed E-state index contributed by atoms with van der Waals surface area (Å²) in [5.41, 5.74) is 1.13. The number of hydrogen-bond acceptors (Lipinski definition) is 6. The van der Waals surface area contributed by atoms with Gasteiger partial charge in [0.2, 0.25) is 0 Å². The Kier molecular flexibility index (Phi) is 8.81. The fourth-order valence-electron chi connectivity index (χ4n) is 4.38. The summed E-state index contributed by atoms with van der Waals surface area (Å²) in [6.07, 6.45) is 5.85. The van der Waals surface area contributed by atoms with Crippen molar-refractivity contribution in [3.05, 3.63) is 47.4 Å². The number of methoxy groups -OCH3 is 1. The number of aliphatic hydroxyl groups is 1. The largest absolute Gasteiger partial charge is 0.493 e. The molecule has 1 saturated carbocycles. The van der Waals surface area contributed by atoms with Crippen LogP contribution in [0, 0.1) is 6.92 Å². The van der Waals surface area contributed by atoms with E-state index in [2.05, 4.69) is 23.9 Å². The molecule has 0 radical (unpaired) electrons. The van der Waals surface area contributed by atoms with Crippen molar-refractivity contribution >= 4 is 0 Å². The van der Waals surface area contributed by atoms with Crippen LogP contribution in [0.15, 0.2) is 34.7 Å². The first-order valence-corrected chi connectivity index (χ1v) is 11.4. The second kappa shape index (κ2) is 11.6. The average Bonchev–Trinajstić information content (AvgIpc) is 3.17. The fraction of sp³-hybridized carbons (Fsp3) is 0.600. The van der Waals surface area contributed by atoms with Crippen molar-refractivity contribution < 1.29 is 19.0 Å². The predicted octanol–water partition coefficient (Wildman–Crippen LogP) is 4.23. The van der Waals surface area contributed by atoms with Crippen LogP contribution in [-0.2, 0) is 13.1 Å². The molecule has 1 aromatic carbocycles. The zero-order valence-electron chi connectivity index (χ0n) is 19.5. The second-order valence-electron chi connectivity index (χ2n) is 8.87. The maximum absolute atomic E-state index is 10.5. The molecule has 6 heteroatoms. The third-order valence-corrected chi connectivity index (χ3v) is 6.03. The van der Waals surface area contributed by atoms with Crippen LogP contribution in [0.2, 0.25) is 0 Å². The Labute approximate surface area is 186 Å². The van der Waals surface area contributed by atoms with Crippen molar-refractivity contribution in [1.82, 2.24) is 9.80 Å². The van der Waals surface area contributed by atoms with Crippen LogP contribution in [0.3, 0.4) is 0 Å². The standard InChI is InChI=1S/C25H38N2O4/c1-19-10-12-23(31-19)17-26(2)15-20-11-13-24(25(14-20)29-4)30-18-22(28)16-27(3)21-8-6-5-7-9-21/h10-14,21-22,28H,5-9,15-18H2,1-4H3/t22-/m0/s1. The minimum Gasteiger partial charge on any atom is -0.493 e. The molecule has 6 nitrogen and oxygen atoms in total. The van der Waals surface area contributed by atoms with E-state index in [1.54, 1.807) is 7.11 Å². The molecule has 1 atom stereocenters. The number of rotatable bonds is 11. The highest BCUT2D eigenvalue weighted by atomic mass is 16.5. The van der Waals surface area contributed by atoms with Crippen molar-refractivity contribution in [3.63, 3.8) is 0 Å². The SMILES string of the molecule is COc1cc(CN(C)Cc2ccc(C)o2)ccc1OC[C@@H](O)CN(C)C1CCCCC1. The van der Waals surface area contributed by atoms with Gasteiger partial charge in [-0.3, -0.25) is 4.90 Å². The Balaban J connectivity index is 1.49. The van der Waals surface area contributed by atoms with Crippen LogP contribution in [0.4, 0.5) is 0 Å². The first-order chi connectivity index (χ1) is 14.9. The highest BCUT2D eigenvalue weighted by Gasteiger charge is 2.20. The second-order valence-corrected chi connectivity index (χ2v) is 8.87. The van der Waals surface area contributed by atoms with Crippen LogP contribution in [-0.4, -0.2) is 61.4 Å². The van der Waals surface area contributed by atoms with Crippen LogP contribution >= 0.6 is 0 Å². The van der Waals surface area contributed by atoms with E-state index in [1.165, 1.54) is 32.1 Å². The van der Waals surface area contributed by atoms with Crippen LogP contribution in [0.25, 0.3) is 0 Å². The Bertz CT molecular complexity index is 801. The normalized spacial score (nSPS) is 16.1. The van der Waals surface area contributed by atoms with Gasteiger partial charge in [-0.05, 0) is 63.7 Å². The molecule has 0 unspecified atom stereocenters. The number of aryl methyl sites for hydroxylation is 1. The summed E-state index contributed by atoms with van der Waals surface area (Å²) in [7, 11) is 5.82. The number of furan rings is 1. The maximum atomic E-state index is 10.5. The molecule has 1 fully saturated rings. The molecular formula is C25H38N2O4.